The molecule has 0 aromatic rings. The molecule has 8 heteroatoms. The van der Waals surface area contributed by atoms with Crippen molar-refractivity contribution in [1.29, 1.82) is 0 Å². The molecule has 0 spiro atoms. The molecule has 2 rings (SSSR count). The number of hydrogen-bond acceptors (Lipinski definition) is 5. The first-order valence-electron chi connectivity index (χ1n) is 11.1. The molecule has 0 bridgehead atoms. The second kappa shape index (κ2) is 16.6. The van der Waals surface area contributed by atoms with E-state index in [1.165, 1.54) is 38.5 Å². The number of hydrogen-bond donors (Lipinski definition) is 5. The van der Waals surface area contributed by atoms with Crippen LogP contribution in [0.15, 0.2) is 0 Å². The number of nitrogens with one attached hydrogen (secondary N) is 5. The van der Waals surface area contributed by atoms with Crippen LogP contribution in [0.25, 0.3) is 0 Å². The van der Waals surface area contributed by atoms with Gasteiger partial charge in [0, 0.05) is 62.4 Å². The van der Waals surface area contributed by atoms with Crippen LogP contribution in [0.3, 0.4) is 0 Å². The fourth-order valence-corrected chi connectivity index (χ4v) is 4.20. The average Bonchev–Trinajstić information content (AvgIpc) is 2.68. The summed E-state index contributed by atoms with van der Waals surface area (Å²) in [7, 11) is 9.59. The molecule has 0 aromatic carbocycles. The van der Waals surface area contributed by atoms with Crippen molar-refractivity contribution in [3.8, 4) is 0 Å². The van der Waals surface area contributed by atoms with Gasteiger partial charge in [0.05, 0.1) is 0 Å². The van der Waals surface area contributed by atoms with Gasteiger partial charge in [-0.05, 0) is 40.0 Å². The van der Waals surface area contributed by atoms with Gasteiger partial charge < -0.3 is 26.6 Å². The molecule has 1 aliphatic carbocycles. The van der Waals surface area contributed by atoms with E-state index in [2.05, 4.69) is 54.3 Å². The van der Waals surface area contributed by atoms with Crippen LogP contribution in [-0.2, 0) is 13.1 Å². The minimum atomic E-state index is 0.00694. The van der Waals surface area contributed by atoms with E-state index in [4.69, 9.17) is 20.2 Å². The van der Waals surface area contributed by atoms with E-state index in [-0.39, 0.29) is 13.1 Å². The van der Waals surface area contributed by atoms with E-state index < -0.39 is 0 Å². The van der Waals surface area contributed by atoms with Crippen LogP contribution in [0.1, 0.15) is 66.2 Å². The summed E-state index contributed by atoms with van der Waals surface area (Å²) >= 11 is 0.00694. The third kappa shape index (κ3) is 11.9. The summed E-state index contributed by atoms with van der Waals surface area (Å²) in [6.07, 6.45) is 7.82. The Morgan fingerprint density at radius 2 is 1.21 bits per heavy atom. The normalized spacial score (nSPS) is 36.2. The van der Waals surface area contributed by atoms with Crippen molar-refractivity contribution in [3.63, 3.8) is 0 Å². The minimum absolute atomic E-state index is 0.00694. The van der Waals surface area contributed by atoms with Crippen molar-refractivity contribution in [3.05, 3.63) is 0 Å². The average molecular weight is 479 g/mol. The van der Waals surface area contributed by atoms with Crippen molar-refractivity contribution in [2.24, 2.45) is 0 Å². The molecule has 169 valence electrons. The van der Waals surface area contributed by atoms with E-state index in [1.54, 1.807) is 0 Å². The van der Waals surface area contributed by atoms with Crippen LogP contribution in [0, 0.1) is 0 Å². The molecule has 0 amide bonds. The van der Waals surface area contributed by atoms with Crippen LogP contribution in [0.5, 0.6) is 0 Å². The zero-order valence-corrected chi connectivity index (χ0v) is 20.9. The van der Waals surface area contributed by atoms with Gasteiger partial charge >= 0.3 is 33.3 Å². The Balaban J connectivity index is 0.00000122. The quantitative estimate of drug-likeness (QED) is 0.395. The first kappa shape index (κ1) is 26.9. The van der Waals surface area contributed by atoms with Gasteiger partial charge in [-0.1, -0.05) is 26.2 Å². The maximum atomic E-state index is 4.80. The molecule has 1 saturated carbocycles. The topological polar surface area (TPSA) is 60.1 Å². The Labute approximate surface area is 188 Å². The SMILES string of the molecule is CCC[C@H]1CN[C@H](C)CNC2CCCCC2NC[C@H](C)NC[C@H](C)N1.[Cl][Mn][Cl]. The van der Waals surface area contributed by atoms with Crippen molar-refractivity contribution in [2.45, 2.75) is 102 Å². The molecule has 0 aromatic heterocycles. The van der Waals surface area contributed by atoms with Gasteiger partial charge in [0.15, 0.2) is 0 Å². The van der Waals surface area contributed by atoms with E-state index >= 15 is 0 Å². The number of fused-ring (bicyclic) bond motifs is 1. The van der Waals surface area contributed by atoms with E-state index in [1.807, 2.05) is 0 Å². The molecule has 1 heterocycles. The van der Waals surface area contributed by atoms with Gasteiger partial charge in [-0.25, -0.2) is 0 Å². The summed E-state index contributed by atoms with van der Waals surface area (Å²) < 4.78 is 0. The predicted octanol–water partition coefficient (Wildman–Crippen LogP) is 2.97. The van der Waals surface area contributed by atoms with Crippen LogP contribution >= 0.6 is 20.2 Å². The molecule has 2 fully saturated rings. The molecule has 5 nitrogen and oxygen atoms in total. The zero-order chi connectivity index (χ0) is 20.8. The molecular weight excluding hydrogens is 436 g/mol. The molecule has 0 radical (unpaired) electrons. The Hall–Kier alpha value is 0.899. The van der Waals surface area contributed by atoms with Gasteiger partial charge in [0.25, 0.3) is 0 Å². The van der Waals surface area contributed by atoms with E-state index in [0.29, 0.717) is 36.3 Å². The van der Waals surface area contributed by atoms with Gasteiger partial charge in [-0.15, -0.1) is 0 Å². The standard InChI is InChI=1S/C20H43N5.2ClH.Mn/c1-5-8-18-14-22-16(3)12-24-20-10-7-6-9-19(20)23-11-15(2)21-13-17(4)25-18;;;/h15-25H,5-14H2,1-4H3;2*1H;/q;;;+2/p-2/t15-,16+,17-,18-,19?,20?;;;/m0.../s1. The zero-order valence-electron chi connectivity index (χ0n) is 18.2. The molecule has 1 aliphatic heterocycles. The molecule has 5 N–H and O–H groups in total. The fourth-order valence-electron chi connectivity index (χ4n) is 4.20. The van der Waals surface area contributed by atoms with Crippen LogP contribution in [0.2, 0.25) is 0 Å². The summed E-state index contributed by atoms with van der Waals surface area (Å²) in [5.41, 5.74) is 0. The first-order chi connectivity index (χ1) is 13.5. The van der Waals surface area contributed by atoms with Crippen LogP contribution in [-0.4, -0.2) is 62.4 Å². The van der Waals surface area contributed by atoms with Gasteiger partial charge in [-0.2, -0.15) is 0 Å². The Morgan fingerprint density at radius 3 is 1.71 bits per heavy atom. The molecule has 6 atom stereocenters. The second-order valence-electron chi connectivity index (χ2n) is 8.54. The number of halogens is 2. The van der Waals surface area contributed by atoms with Gasteiger partial charge in [0.2, 0.25) is 0 Å². The summed E-state index contributed by atoms with van der Waals surface area (Å²) in [4.78, 5) is 0. The predicted molar refractivity (Wildman–Crippen MR) is 120 cm³/mol. The first-order valence-corrected chi connectivity index (χ1v) is 14.3. The Morgan fingerprint density at radius 1 is 0.750 bits per heavy atom. The van der Waals surface area contributed by atoms with Gasteiger partial charge in [0.1, 0.15) is 0 Å². The molecule has 2 unspecified atom stereocenters. The van der Waals surface area contributed by atoms with E-state index in [0.717, 1.165) is 26.2 Å². The summed E-state index contributed by atoms with van der Waals surface area (Å²) in [5.74, 6) is 0. The van der Waals surface area contributed by atoms with Crippen LogP contribution < -0.4 is 26.6 Å². The number of rotatable bonds is 2. The fraction of sp³-hybridized carbons (Fsp3) is 1.00. The molecule has 2 aliphatic rings. The maximum absolute atomic E-state index is 4.80. The van der Waals surface area contributed by atoms with Crippen LogP contribution in [0.4, 0.5) is 0 Å². The molecule has 28 heavy (non-hydrogen) atoms. The van der Waals surface area contributed by atoms with Crippen molar-refractivity contribution in [1.82, 2.24) is 26.6 Å². The van der Waals surface area contributed by atoms with Gasteiger partial charge in [-0.3, -0.25) is 0 Å². The monoisotopic (exact) mass is 478 g/mol. The van der Waals surface area contributed by atoms with Crippen molar-refractivity contribution < 1.29 is 13.1 Å². The molecule has 1 saturated heterocycles. The third-order valence-electron chi connectivity index (χ3n) is 5.78. The Kier molecular flexibility index (Phi) is 15.9. The Bertz CT molecular complexity index is 381. The summed E-state index contributed by atoms with van der Waals surface area (Å²) in [6.45, 7) is 13.4. The third-order valence-corrected chi connectivity index (χ3v) is 5.78. The van der Waals surface area contributed by atoms with Crippen molar-refractivity contribution >= 4 is 20.2 Å². The summed E-state index contributed by atoms with van der Waals surface area (Å²) in [5, 5.41) is 18.9. The second-order valence-corrected chi connectivity index (χ2v) is 10.5. The molecular formula is C20H43Cl2MnN5. The van der Waals surface area contributed by atoms with E-state index in [9.17, 15) is 0 Å². The summed E-state index contributed by atoms with van der Waals surface area (Å²) in [6, 6.07) is 3.34. The van der Waals surface area contributed by atoms with Crippen molar-refractivity contribution in [2.75, 3.05) is 26.2 Å².